The monoisotopic (exact) mass is 342 g/mol. The zero-order chi connectivity index (χ0) is 15.7. The number of rotatable bonds is 3. The molecule has 0 amide bonds. The molecule has 0 bridgehead atoms. The van der Waals surface area contributed by atoms with E-state index in [1.54, 1.807) is 12.1 Å². The van der Waals surface area contributed by atoms with Gasteiger partial charge in [-0.1, -0.05) is 23.2 Å². The van der Waals surface area contributed by atoms with Crippen LogP contribution in [0.25, 0.3) is 0 Å². The Kier molecular flexibility index (Phi) is 4.22. The number of hydrogen-bond donors (Lipinski definition) is 2. The average molecular weight is 343 g/mol. The van der Waals surface area contributed by atoms with Gasteiger partial charge in [0.05, 0.1) is 16.9 Å². The van der Waals surface area contributed by atoms with E-state index in [1.165, 1.54) is 12.3 Å². The van der Waals surface area contributed by atoms with Gasteiger partial charge in [0.2, 0.25) is 0 Å². The summed E-state index contributed by atoms with van der Waals surface area (Å²) in [4.78, 5) is 13.5. The van der Waals surface area contributed by atoms with Gasteiger partial charge >= 0.3 is 0 Å². The molecule has 1 saturated heterocycles. The Labute approximate surface area is 136 Å². The Balaban J connectivity index is 1.71. The summed E-state index contributed by atoms with van der Waals surface area (Å²) in [6, 6.07) is 4.78. The summed E-state index contributed by atoms with van der Waals surface area (Å²) in [7, 11) is 0. The molecule has 1 aliphatic heterocycles. The van der Waals surface area contributed by atoms with Crippen LogP contribution in [0.15, 0.2) is 29.2 Å². The molecule has 5 nitrogen and oxygen atoms in total. The molecule has 0 aliphatic carbocycles. The fourth-order valence-electron chi connectivity index (χ4n) is 2.50. The van der Waals surface area contributed by atoms with Crippen LogP contribution in [0.5, 0.6) is 0 Å². The van der Waals surface area contributed by atoms with Crippen molar-refractivity contribution >= 4 is 34.6 Å². The maximum atomic E-state index is 13.2. The fraction of sp³-hybridized carbons (Fsp3) is 0.286. The van der Waals surface area contributed by atoms with Crippen molar-refractivity contribution in [3.05, 3.63) is 50.6 Å². The third-order valence-corrected chi connectivity index (χ3v) is 4.28. The van der Waals surface area contributed by atoms with Gasteiger partial charge in [-0.15, -0.1) is 0 Å². The topological polar surface area (TPSA) is 61.0 Å². The molecule has 2 N–H and O–H groups in total. The molecule has 1 aromatic heterocycles. The van der Waals surface area contributed by atoms with Crippen molar-refractivity contribution in [2.75, 3.05) is 23.3 Å². The van der Waals surface area contributed by atoms with E-state index in [1.807, 2.05) is 0 Å². The summed E-state index contributed by atoms with van der Waals surface area (Å²) in [6.45, 7) is 1.50. The second kappa shape index (κ2) is 6.14. The Morgan fingerprint density at radius 3 is 3.00 bits per heavy atom. The first-order valence-corrected chi connectivity index (χ1v) is 7.50. The lowest BCUT2D eigenvalue weighted by molar-refractivity contribution is 0.628. The van der Waals surface area contributed by atoms with E-state index in [9.17, 15) is 9.18 Å². The highest BCUT2D eigenvalue weighted by Crippen LogP contribution is 2.27. The summed E-state index contributed by atoms with van der Waals surface area (Å²) < 4.78 is 13.2. The Morgan fingerprint density at radius 2 is 2.23 bits per heavy atom. The number of halogens is 3. The quantitative estimate of drug-likeness (QED) is 0.900. The molecular formula is C14H13Cl2FN4O. The van der Waals surface area contributed by atoms with Crippen molar-refractivity contribution in [3.63, 3.8) is 0 Å². The fourth-order valence-corrected chi connectivity index (χ4v) is 2.82. The van der Waals surface area contributed by atoms with Gasteiger partial charge in [-0.25, -0.2) is 9.49 Å². The zero-order valence-corrected chi connectivity index (χ0v) is 13.0. The zero-order valence-electron chi connectivity index (χ0n) is 11.4. The number of hydrogen-bond acceptors (Lipinski definition) is 4. The minimum Gasteiger partial charge on any atom is -0.378 e. The van der Waals surface area contributed by atoms with Crippen molar-refractivity contribution in [1.29, 1.82) is 0 Å². The molecule has 2 aromatic rings. The molecule has 116 valence electrons. The average Bonchev–Trinajstić information content (AvgIpc) is 2.95. The van der Waals surface area contributed by atoms with Crippen molar-refractivity contribution in [2.24, 2.45) is 0 Å². The summed E-state index contributed by atoms with van der Waals surface area (Å²) in [5.74, 6) is -0.430. The third-order valence-electron chi connectivity index (χ3n) is 3.61. The van der Waals surface area contributed by atoms with Crippen LogP contribution in [0.4, 0.5) is 15.8 Å². The lowest BCUT2D eigenvalue weighted by Gasteiger charge is -2.20. The first-order chi connectivity index (χ1) is 10.5. The van der Waals surface area contributed by atoms with Crippen LogP contribution >= 0.6 is 23.2 Å². The van der Waals surface area contributed by atoms with Crippen molar-refractivity contribution in [3.8, 4) is 0 Å². The highest BCUT2D eigenvalue weighted by atomic mass is 35.5. The van der Waals surface area contributed by atoms with Crippen LogP contribution in [0.1, 0.15) is 6.42 Å². The molecule has 1 aliphatic rings. The summed E-state index contributed by atoms with van der Waals surface area (Å²) in [6.07, 6.45) is 2.35. The molecular weight excluding hydrogens is 330 g/mol. The van der Waals surface area contributed by atoms with E-state index < -0.39 is 11.4 Å². The minimum absolute atomic E-state index is 0.0956. The molecule has 2 heterocycles. The Morgan fingerprint density at radius 1 is 1.41 bits per heavy atom. The highest BCUT2D eigenvalue weighted by Gasteiger charge is 2.24. The maximum Gasteiger partial charge on any atom is 0.285 e. The number of H-pyrrole nitrogens is 1. The van der Waals surface area contributed by atoms with Crippen molar-refractivity contribution in [1.82, 2.24) is 10.2 Å². The highest BCUT2D eigenvalue weighted by molar-refractivity contribution is 6.33. The predicted molar refractivity (Wildman–Crippen MR) is 85.5 cm³/mol. The predicted octanol–water partition coefficient (Wildman–Crippen LogP) is 2.91. The standard InChI is InChI=1S/C14H13Cl2FN4O/c15-10-5-9(1-2-11(10)17)21-4-3-8(7-21)19-12-6-18-20-14(22)13(12)16/h1-2,5-6,8H,3-4,7H2,(H2,19,20,22). The summed E-state index contributed by atoms with van der Waals surface area (Å²) >= 11 is 11.8. The first-order valence-electron chi connectivity index (χ1n) is 6.74. The van der Waals surface area contributed by atoms with E-state index in [0.717, 1.165) is 18.7 Å². The Hall–Kier alpha value is -1.79. The molecule has 1 fully saturated rings. The normalized spacial score (nSPS) is 17.8. The summed E-state index contributed by atoms with van der Waals surface area (Å²) in [5.41, 5.74) is 0.951. The van der Waals surface area contributed by atoms with Crippen LogP contribution in [0.2, 0.25) is 10.0 Å². The number of aromatic nitrogens is 2. The van der Waals surface area contributed by atoms with Crippen LogP contribution in [0, 0.1) is 5.82 Å². The summed E-state index contributed by atoms with van der Waals surface area (Å²) in [5, 5.41) is 9.42. The molecule has 1 atom stereocenters. The SMILES string of the molecule is O=c1[nH]ncc(NC2CCN(c3ccc(F)c(Cl)c3)C2)c1Cl. The molecule has 3 rings (SSSR count). The third kappa shape index (κ3) is 3.03. The van der Waals surface area contributed by atoms with Gasteiger partial charge in [-0.3, -0.25) is 4.79 Å². The molecule has 0 radical (unpaired) electrons. The van der Waals surface area contributed by atoms with E-state index in [-0.39, 0.29) is 16.1 Å². The van der Waals surface area contributed by atoms with Crippen LogP contribution in [-0.4, -0.2) is 29.3 Å². The smallest absolute Gasteiger partial charge is 0.285 e. The van der Waals surface area contributed by atoms with Crippen LogP contribution < -0.4 is 15.8 Å². The molecule has 1 unspecified atom stereocenters. The molecule has 1 aromatic carbocycles. The first kappa shape index (κ1) is 15.1. The van der Waals surface area contributed by atoms with E-state index >= 15 is 0 Å². The number of nitrogens with zero attached hydrogens (tertiary/aromatic N) is 2. The van der Waals surface area contributed by atoms with Gasteiger partial charge in [-0.2, -0.15) is 5.10 Å². The minimum atomic E-state index is -0.430. The Bertz CT molecular complexity index is 752. The van der Waals surface area contributed by atoms with Gasteiger partial charge in [0.25, 0.3) is 5.56 Å². The van der Waals surface area contributed by atoms with E-state index in [4.69, 9.17) is 23.2 Å². The van der Waals surface area contributed by atoms with Crippen LogP contribution in [-0.2, 0) is 0 Å². The van der Waals surface area contributed by atoms with E-state index in [2.05, 4.69) is 20.4 Å². The van der Waals surface area contributed by atoms with Gasteiger partial charge < -0.3 is 10.2 Å². The van der Waals surface area contributed by atoms with Gasteiger partial charge in [0, 0.05) is 24.8 Å². The lowest BCUT2D eigenvalue weighted by Crippen LogP contribution is -2.27. The van der Waals surface area contributed by atoms with Gasteiger partial charge in [0.1, 0.15) is 10.8 Å². The van der Waals surface area contributed by atoms with Crippen molar-refractivity contribution < 1.29 is 4.39 Å². The maximum absolute atomic E-state index is 13.2. The van der Waals surface area contributed by atoms with Gasteiger partial charge in [0.15, 0.2) is 0 Å². The number of benzene rings is 1. The number of anilines is 2. The number of aromatic amines is 1. The molecule has 0 spiro atoms. The molecule has 8 heteroatoms. The van der Waals surface area contributed by atoms with Crippen molar-refractivity contribution in [2.45, 2.75) is 12.5 Å². The van der Waals surface area contributed by atoms with Crippen LogP contribution in [0.3, 0.4) is 0 Å². The molecule has 22 heavy (non-hydrogen) atoms. The largest absolute Gasteiger partial charge is 0.378 e. The van der Waals surface area contributed by atoms with Gasteiger partial charge in [-0.05, 0) is 24.6 Å². The number of nitrogens with one attached hydrogen (secondary N) is 2. The lowest BCUT2D eigenvalue weighted by atomic mass is 10.2. The second-order valence-corrected chi connectivity index (χ2v) is 5.89. The molecule has 0 saturated carbocycles. The van der Waals surface area contributed by atoms with E-state index in [0.29, 0.717) is 12.2 Å². The second-order valence-electron chi connectivity index (χ2n) is 5.10.